The van der Waals surface area contributed by atoms with E-state index in [4.69, 9.17) is 4.42 Å². The minimum atomic E-state index is -0.290. The summed E-state index contributed by atoms with van der Waals surface area (Å²) < 4.78 is 11.4. The maximum atomic E-state index is 6.51. The fourth-order valence-corrected chi connectivity index (χ4v) is 8.34. The van der Waals surface area contributed by atoms with Gasteiger partial charge in [-0.15, -0.1) is 0 Å². The van der Waals surface area contributed by atoms with Crippen molar-refractivity contribution in [3.05, 3.63) is 181 Å². The van der Waals surface area contributed by atoms with E-state index < -0.39 is 0 Å². The van der Waals surface area contributed by atoms with Gasteiger partial charge in [-0.2, -0.15) is 0 Å². The number of fused-ring (bicyclic) bond motifs is 10. The molecule has 51 heavy (non-hydrogen) atoms. The molecular weight excluding hydrogens is 625 g/mol. The zero-order valence-electron chi connectivity index (χ0n) is 27.6. The number of aromatic nitrogens is 2. The summed E-state index contributed by atoms with van der Waals surface area (Å²) in [5.41, 5.74) is 11.0. The predicted molar refractivity (Wildman–Crippen MR) is 210 cm³/mol. The highest BCUT2D eigenvalue weighted by Gasteiger charge is 2.29. The van der Waals surface area contributed by atoms with Gasteiger partial charge in [-0.05, 0) is 65.7 Å². The van der Waals surface area contributed by atoms with Gasteiger partial charge in [-0.1, -0.05) is 115 Å². The van der Waals surface area contributed by atoms with Gasteiger partial charge < -0.3 is 18.9 Å². The Morgan fingerprint density at radius 3 is 2.02 bits per heavy atom. The number of hydrogen-bond donors (Lipinski definition) is 2. The second kappa shape index (κ2) is 11.0. The summed E-state index contributed by atoms with van der Waals surface area (Å²) in [6.45, 7) is 0. The molecule has 0 radical (unpaired) electrons. The molecule has 10 aromatic rings. The van der Waals surface area contributed by atoms with Crippen LogP contribution in [-0.4, -0.2) is 9.13 Å². The topological polar surface area (TPSA) is 47.1 Å². The standard InChI is InChI=1S/C46H32N4O/c1-4-14-29(15-5-1)37-27-38(30-16-6-2-7-17-30)48-46(47-37)50-41-28-40-35(32-20-10-12-22-39(32)49(40)31-18-8-3-9-19-31)26-36(41)33-24-25-43-44(45(33)50)34-21-11-13-23-42(34)51-43/h1-28,37,46-48H. The smallest absolute Gasteiger partial charge is 0.160 e. The van der Waals surface area contributed by atoms with Crippen molar-refractivity contribution in [3.63, 3.8) is 0 Å². The van der Waals surface area contributed by atoms with E-state index >= 15 is 0 Å². The Labute approximate surface area is 293 Å². The fraction of sp³-hybridized carbons (Fsp3) is 0.0435. The number of hydrogen-bond acceptors (Lipinski definition) is 3. The van der Waals surface area contributed by atoms with Gasteiger partial charge in [-0.3, -0.25) is 5.32 Å². The molecule has 7 aromatic carbocycles. The van der Waals surface area contributed by atoms with Crippen LogP contribution in [-0.2, 0) is 0 Å². The van der Waals surface area contributed by atoms with Gasteiger partial charge in [-0.25, -0.2) is 0 Å². The Hall–Kier alpha value is -6.56. The molecule has 5 nitrogen and oxygen atoms in total. The highest BCUT2D eigenvalue weighted by molar-refractivity contribution is 6.26. The normalized spacial score (nSPS) is 16.4. The van der Waals surface area contributed by atoms with Gasteiger partial charge in [0, 0.05) is 38.3 Å². The molecule has 3 aromatic heterocycles. The lowest BCUT2D eigenvalue weighted by Gasteiger charge is -2.34. The molecule has 2 atom stereocenters. The molecule has 0 aliphatic carbocycles. The summed E-state index contributed by atoms with van der Waals surface area (Å²) in [7, 11) is 0. The minimum absolute atomic E-state index is 0.0278. The van der Waals surface area contributed by atoms with Crippen molar-refractivity contribution in [3.8, 4) is 5.69 Å². The number of benzene rings is 7. The van der Waals surface area contributed by atoms with Gasteiger partial charge in [0.1, 0.15) is 11.2 Å². The first-order valence-electron chi connectivity index (χ1n) is 17.5. The van der Waals surface area contributed by atoms with Crippen molar-refractivity contribution in [1.29, 1.82) is 0 Å². The van der Waals surface area contributed by atoms with Crippen LogP contribution in [0, 0.1) is 0 Å². The van der Waals surface area contributed by atoms with Crippen molar-refractivity contribution in [2.75, 3.05) is 0 Å². The minimum Gasteiger partial charge on any atom is -0.456 e. The van der Waals surface area contributed by atoms with Gasteiger partial charge in [0.15, 0.2) is 6.29 Å². The van der Waals surface area contributed by atoms with Crippen molar-refractivity contribution in [2.45, 2.75) is 12.3 Å². The molecule has 2 N–H and O–H groups in total. The number of nitrogens with one attached hydrogen (secondary N) is 2. The SMILES string of the molecule is C1=C(c2ccccc2)NC(n2c3cc4c(cc3c3ccc5oc6ccccc6c5c32)c2ccccc2n4-c2ccccc2)NC1c1ccccc1. The number of para-hydroxylation sites is 3. The van der Waals surface area contributed by atoms with Gasteiger partial charge in [0.2, 0.25) is 0 Å². The maximum absolute atomic E-state index is 6.51. The molecule has 2 unspecified atom stereocenters. The largest absolute Gasteiger partial charge is 0.456 e. The van der Waals surface area contributed by atoms with Crippen molar-refractivity contribution in [2.24, 2.45) is 0 Å². The van der Waals surface area contributed by atoms with Crippen LogP contribution >= 0.6 is 0 Å². The van der Waals surface area contributed by atoms with Gasteiger partial charge >= 0.3 is 0 Å². The van der Waals surface area contributed by atoms with E-state index in [2.05, 4.69) is 184 Å². The zero-order valence-corrected chi connectivity index (χ0v) is 27.6. The Morgan fingerprint density at radius 2 is 1.20 bits per heavy atom. The van der Waals surface area contributed by atoms with Crippen LogP contribution in [0.1, 0.15) is 23.5 Å². The van der Waals surface area contributed by atoms with Gasteiger partial charge in [0.25, 0.3) is 0 Å². The third kappa shape index (κ3) is 4.25. The van der Waals surface area contributed by atoms with Crippen LogP contribution in [0.2, 0.25) is 0 Å². The second-order valence-electron chi connectivity index (χ2n) is 13.4. The van der Waals surface area contributed by atoms with Crippen LogP contribution in [0.4, 0.5) is 0 Å². The summed E-state index contributed by atoms with van der Waals surface area (Å²) in [4.78, 5) is 0. The van der Waals surface area contributed by atoms with E-state index in [9.17, 15) is 0 Å². The number of rotatable bonds is 4. The summed E-state index contributed by atoms with van der Waals surface area (Å²) in [6.07, 6.45) is 2.02. The van der Waals surface area contributed by atoms with Crippen LogP contribution in [0.5, 0.6) is 0 Å². The Bertz CT molecular complexity index is 2970. The third-order valence-corrected chi connectivity index (χ3v) is 10.6. The van der Waals surface area contributed by atoms with Crippen molar-refractivity contribution >= 4 is 71.2 Å². The first kappa shape index (κ1) is 28.3. The average Bonchev–Trinajstić information content (AvgIpc) is 3.85. The van der Waals surface area contributed by atoms with Gasteiger partial charge in [0.05, 0.1) is 33.5 Å². The quantitative estimate of drug-likeness (QED) is 0.198. The predicted octanol–water partition coefficient (Wildman–Crippen LogP) is 11.2. The highest BCUT2D eigenvalue weighted by atomic mass is 16.3. The molecule has 0 spiro atoms. The second-order valence-corrected chi connectivity index (χ2v) is 13.4. The van der Waals surface area contributed by atoms with Crippen molar-refractivity contribution < 1.29 is 4.42 Å². The molecule has 11 rings (SSSR count). The van der Waals surface area contributed by atoms with E-state index in [0.717, 1.165) is 49.9 Å². The monoisotopic (exact) mass is 656 g/mol. The summed E-state index contributed by atoms with van der Waals surface area (Å²) in [6, 6.07) is 58.3. The number of nitrogens with zero attached hydrogens (tertiary/aromatic N) is 2. The Morgan fingerprint density at radius 1 is 0.510 bits per heavy atom. The first-order chi connectivity index (χ1) is 25.3. The molecular formula is C46H32N4O. The maximum Gasteiger partial charge on any atom is 0.160 e. The molecule has 1 aliphatic heterocycles. The first-order valence-corrected chi connectivity index (χ1v) is 17.5. The molecule has 0 bridgehead atoms. The average molecular weight is 657 g/mol. The molecule has 4 heterocycles. The van der Waals surface area contributed by atoms with Crippen molar-refractivity contribution in [1.82, 2.24) is 19.8 Å². The molecule has 5 heteroatoms. The zero-order chi connectivity index (χ0) is 33.5. The lowest BCUT2D eigenvalue weighted by molar-refractivity contribution is 0.351. The lowest BCUT2D eigenvalue weighted by Crippen LogP contribution is -2.43. The molecule has 242 valence electrons. The Kier molecular flexibility index (Phi) is 6.09. The molecule has 0 fully saturated rings. The molecule has 0 amide bonds. The van der Waals surface area contributed by atoms with E-state index in [0.29, 0.717) is 0 Å². The third-order valence-electron chi connectivity index (χ3n) is 10.6. The number of furan rings is 1. The summed E-state index contributed by atoms with van der Waals surface area (Å²) >= 11 is 0. The van der Waals surface area contributed by atoms with Crippen LogP contribution in [0.25, 0.3) is 76.9 Å². The Balaban J connectivity index is 1.27. The van der Waals surface area contributed by atoms with Crippen LogP contribution in [0.15, 0.2) is 174 Å². The van der Waals surface area contributed by atoms with E-state index in [1.165, 1.54) is 38.1 Å². The molecule has 0 saturated heterocycles. The molecule has 0 saturated carbocycles. The molecule has 1 aliphatic rings. The van der Waals surface area contributed by atoms with E-state index in [1.54, 1.807) is 0 Å². The van der Waals surface area contributed by atoms with E-state index in [-0.39, 0.29) is 12.3 Å². The van der Waals surface area contributed by atoms with Crippen LogP contribution in [0.3, 0.4) is 0 Å². The summed E-state index contributed by atoms with van der Waals surface area (Å²) in [5, 5.41) is 15.1. The van der Waals surface area contributed by atoms with E-state index in [1.807, 2.05) is 6.07 Å². The highest BCUT2D eigenvalue weighted by Crippen LogP contribution is 2.44. The van der Waals surface area contributed by atoms with Crippen LogP contribution < -0.4 is 10.6 Å². The summed E-state index contributed by atoms with van der Waals surface area (Å²) in [5.74, 6) is 0. The lowest BCUT2D eigenvalue weighted by atomic mass is 10.0. The fourth-order valence-electron chi connectivity index (χ4n) is 8.34.